The third kappa shape index (κ3) is 17.2. The Balaban J connectivity index is 0.000000683. The zero-order valence-electron chi connectivity index (χ0n) is 19.6. The van der Waals surface area contributed by atoms with Crippen molar-refractivity contribution in [2.24, 2.45) is 0 Å². The summed E-state index contributed by atoms with van der Waals surface area (Å²) in [5.41, 5.74) is 0.646. The molecule has 0 atom stereocenters. The molecule has 0 radical (unpaired) electrons. The number of aromatic nitrogens is 1. The van der Waals surface area contributed by atoms with Crippen LogP contribution >= 0.6 is 0 Å². The van der Waals surface area contributed by atoms with E-state index < -0.39 is 0 Å². The summed E-state index contributed by atoms with van der Waals surface area (Å²) in [5, 5.41) is 0. The van der Waals surface area contributed by atoms with Crippen LogP contribution in [0.5, 0.6) is 0 Å². The van der Waals surface area contributed by atoms with Gasteiger partial charge in [0.15, 0.2) is 0 Å². The monoisotopic (exact) mass is 425 g/mol. The molecule has 0 aliphatic rings. The number of hydrogen-bond donors (Lipinski definition) is 0. The molecule has 1 heterocycles. The summed E-state index contributed by atoms with van der Waals surface area (Å²) in [6.07, 6.45) is 22.3. The predicted molar refractivity (Wildman–Crippen MR) is 131 cm³/mol. The molecule has 31 heavy (non-hydrogen) atoms. The number of pyridine rings is 1. The van der Waals surface area contributed by atoms with E-state index in [1.807, 2.05) is 36.4 Å². The summed E-state index contributed by atoms with van der Waals surface area (Å²) in [6, 6.07) is 14.9. The molecule has 3 heteroatoms. The highest BCUT2D eigenvalue weighted by molar-refractivity contribution is 5.89. The minimum atomic E-state index is -0.199. The Bertz CT molecular complexity index is 589. The van der Waals surface area contributed by atoms with E-state index in [1.54, 1.807) is 24.5 Å². The van der Waals surface area contributed by atoms with Gasteiger partial charge in [0, 0.05) is 12.4 Å². The number of carbonyl (C=O) groups excluding carboxylic acids is 1. The van der Waals surface area contributed by atoms with Gasteiger partial charge < -0.3 is 4.74 Å². The molecule has 0 saturated carbocycles. The van der Waals surface area contributed by atoms with Crippen molar-refractivity contribution in [3.63, 3.8) is 0 Å². The van der Waals surface area contributed by atoms with Crippen LogP contribution in [0.15, 0.2) is 60.9 Å². The molecule has 1 aromatic heterocycles. The molecular weight excluding hydrogens is 382 g/mol. The van der Waals surface area contributed by atoms with E-state index >= 15 is 0 Å². The van der Waals surface area contributed by atoms with Crippen molar-refractivity contribution in [2.75, 3.05) is 6.61 Å². The first-order valence-corrected chi connectivity index (χ1v) is 12.4. The van der Waals surface area contributed by atoms with E-state index in [0.29, 0.717) is 12.2 Å². The zero-order valence-corrected chi connectivity index (χ0v) is 19.6. The Labute approximate surface area is 190 Å². The topological polar surface area (TPSA) is 39.2 Å². The number of hydrogen-bond acceptors (Lipinski definition) is 3. The maximum atomic E-state index is 11.8. The van der Waals surface area contributed by atoms with Crippen molar-refractivity contribution in [3.05, 3.63) is 66.5 Å². The van der Waals surface area contributed by atoms with Crippen LogP contribution in [0.2, 0.25) is 0 Å². The molecule has 0 N–H and O–H groups in total. The lowest BCUT2D eigenvalue weighted by molar-refractivity contribution is 0.0497. The third-order valence-electron chi connectivity index (χ3n) is 5.31. The number of ether oxygens (including phenoxy) is 1. The van der Waals surface area contributed by atoms with E-state index in [9.17, 15) is 4.79 Å². The van der Waals surface area contributed by atoms with E-state index in [4.69, 9.17) is 4.74 Å². The molecule has 3 nitrogen and oxygen atoms in total. The van der Waals surface area contributed by atoms with Gasteiger partial charge in [-0.3, -0.25) is 4.98 Å². The van der Waals surface area contributed by atoms with Gasteiger partial charge in [-0.15, -0.1) is 0 Å². The molecule has 0 saturated heterocycles. The normalized spacial score (nSPS) is 10.2. The van der Waals surface area contributed by atoms with Crippen molar-refractivity contribution in [1.29, 1.82) is 0 Å². The quantitative estimate of drug-likeness (QED) is 0.200. The first kappa shape index (κ1) is 26.9. The molecule has 2 aromatic rings. The largest absolute Gasteiger partial charge is 0.462 e. The number of esters is 1. The minimum Gasteiger partial charge on any atom is -0.462 e. The van der Waals surface area contributed by atoms with E-state index in [0.717, 1.165) is 6.42 Å². The Hall–Kier alpha value is -2.16. The number of rotatable bonds is 16. The van der Waals surface area contributed by atoms with Crippen molar-refractivity contribution in [3.8, 4) is 0 Å². The van der Waals surface area contributed by atoms with Crippen LogP contribution in [0.4, 0.5) is 0 Å². The number of unbranched alkanes of at least 4 members (excludes halogenated alkanes) is 13. The molecule has 0 fully saturated rings. The van der Waals surface area contributed by atoms with Crippen LogP contribution in [0, 0.1) is 0 Å². The lowest BCUT2D eigenvalue weighted by Gasteiger charge is -2.05. The van der Waals surface area contributed by atoms with Gasteiger partial charge in [-0.05, 0) is 30.7 Å². The maximum absolute atomic E-state index is 11.8. The SMILES string of the molecule is CCCCCCCCCCCCCCCCOC(=O)c1ccccc1.c1ccncc1. The Morgan fingerprint density at radius 3 is 1.52 bits per heavy atom. The van der Waals surface area contributed by atoms with Gasteiger partial charge in [-0.25, -0.2) is 4.79 Å². The second-order valence-electron chi connectivity index (χ2n) is 8.12. The predicted octanol–water partition coefficient (Wildman–Crippen LogP) is 8.41. The molecule has 0 spiro atoms. The third-order valence-corrected chi connectivity index (χ3v) is 5.31. The maximum Gasteiger partial charge on any atom is 0.338 e. The van der Waals surface area contributed by atoms with Gasteiger partial charge in [0.1, 0.15) is 0 Å². The average molecular weight is 426 g/mol. The van der Waals surface area contributed by atoms with Crippen molar-refractivity contribution in [1.82, 2.24) is 4.98 Å². The Morgan fingerprint density at radius 1 is 0.645 bits per heavy atom. The summed E-state index contributed by atoms with van der Waals surface area (Å²) >= 11 is 0. The molecule has 0 aliphatic carbocycles. The highest BCUT2D eigenvalue weighted by Crippen LogP contribution is 2.13. The summed E-state index contributed by atoms with van der Waals surface area (Å²) < 4.78 is 5.30. The Morgan fingerprint density at radius 2 is 1.10 bits per heavy atom. The number of nitrogens with zero attached hydrogens (tertiary/aromatic N) is 1. The summed E-state index contributed by atoms with van der Waals surface area (Å²) in [7, 11) is 0. The molecule has 0 amide bonds. The number of benzene rings is 1. The fourth-order valence-electron chi connectivity index (χ4n) is 3.43. The first-order valence-electron chi connectivity index (χ1n) is 12.4. The van der Waals surface area contributed by atoms with Gasteiger partial charge in [0.05, 0.1) is 12.2 Å². The number of carbonyl (C=O) groups is 1. The molecule has 0 aliphatic heterocycles. The Kier molecular flexibility index (Phi) is 18.3. The van der Waals surface area contributed by atoms with Crippen molar-refractivity contribution in [2.45, 2.75) is 96.8 Å². The molecule has 0 bridgehead atoms. The summed E-state index contributed by atoms with van der Waals surface area (Å²) in [5.74, 6) is -0.199. The van der Waals surface area contributed by atoms with Crippen LogP contribution in [-0.4, -0.2) is 17.6 Å². The molecular formula is C28H43NO2. The summed E-state index contributed by atoms with van der Waals surface area (Å²) in [4.78, 5) is 15.5. The lowest BCUT2D eigenvalue weighted by atomic mass is 10.0. The second-order valence-corrected chi connectivity index (χ2v) is 8.12. The van der Waals surface area contributed by atoms with Gasteiger partial charge in [-0.1, -0.05) is 115 Å². The molecule has 172 valence electrons. The first-order chi connectivity index (χ1) is 15.3. The standard InChI is InChI=1S/C23H38O2.C5H5N/c1-2-3-4-5-6-7-8-9-10-11-12-13-14-18-21-25-23(24)22-19-16-15-17-20-22;1-2-4-6-5-3-1/h15-17,19-20H,2-14,18,21H2,1H3;1-5H. The molecule has 1 aromatic carbocycles. The van der Waals surface area contributed by atoms with Crippen molar-refractivity contribution >= 4 is 5.97 Å². The molecule has 2 rings (SSSR count). The average Bonchev–Trinajstić information content (AvgIpc) is 2.83. The summed E-state index contributed by atoms with van der Waals surface area (Å²) in [6.45, 7) is 2.82. The van der Waals surface area contributed by atoms with Crippen LogP contribution in [-0.2, 0) is 4.74 Å². The minimum absolute atomic E-state index is 0.199. The van der Waals surface area contributed by atoms with Crippen LogP contribution in [0.25, 0.3) is 0 Å². The van der Waals surface area contributed by atoms with Crippen LogP contribution in [0.3, 0.4) is 0 Å². The highest BCUT2D eigenvalue weighted by Gasteiger charge is 2.04. The van der Waals surface area contributed by atoms with Crippen molar-refractivity contribution < 1.29 is 9.53 Å². The molecule has 0 unspecified atom stereocenters. The van der Waals surface area contributed by atoms with Crippen LogP contribution < -0.4 is 0 Å². The highest BCUT2D eigenvalue weighted by atomic mass is 16.5. The second kappa shape index (κ2) is 21.1. The van der Waals surface area contributed by atoms with Gasteiger partial charge in [-0.2, -0.15) is 0 Å². The van der Waals surface area contributed by atoms with Crippen LogP contribution in [0.1, 0.15) is 107 Å². The van der Waals surface area contributed by atoms with E-state index in [2.05, 4.69) is 11.9 Å². The zero-order chi connectivity index (χ0) is 22.2. The van der Waals surface area contributed by atoms with Gasteiger partial charge in [0.25, 0.3) is 0 Å². The lowest BCUT2D eigenvalue weighted by Crippen LogP contribution is -2.06. The van der Waals surface area contributed by atoms with E-state index in [-0.39, 0.29) is 5.97 Å². The fraction of sp³-hybridized carbons (Fsp3) is 0.571. The van der Waals surface area contributed by atoms with E-state index in [1.165, 1.54) is 83.5 Å². The van der Waals surface area contributed by atoms with Gasteiger partial charge >= 0.3 is 5.97 Å². The smallest absolute Gasteiger partial charge is 0.338 e. The van der Waals surface area contributed by atoms with Gasteiger partial charge in [0.2, 0.25) is 0 Å². The fourth-order valence-corrected chi connectivity index (χ4v) is 3.43.